The van der Waals surface area contributed by atoms with Gasteiger partial charge in [-0.15, -0.1) is 0 Å². The summed E-state index contributed by atoms with van der Waals surface area (Å²) in [5, 5.41) is 0. The van der Waals surface area contributed by atoms with Gasteiger partial charge in [-0.2, -0.15) is 0 Å². The zero-order chi connectivity index (χ0) is 12.7. The van der Waals surface area contributed by atoms with Crippen molar-refractivity contribution in [3.63, 3.8) is 0 Å². The predicted molar refractivity (Wildman–Crippen MR) is 61.6 cm³/mol. The Hall–Kier alpha value is -1.56. The maximum Gasteiger partial charge on any atom is 0.410 e. The first-order valence-corrected chi connectivity index (χ1v) is 5.49. The fourth-order valence-electron chi connectivity index (χ4n) is 1.42. The highest BCUT2D eigenvalue weighted by atomic mass is 16.6. The Balaban J connectivity index is 2.33. The lowest BCUT2D eigenvalue weighted by Crippen LogP contribution is -2.46. The van der Waals surface area contributed by atoms with Gasteiger partial charge in [0.15, 0.2) is 0 Å². The first kappa shape index (κ1) is 13.5. The molecule has 1 rings (SSSR count). The van der Waals surface area contributed by atoms with Crippen LogP contribution in [-0.4, -0.2) is 68.3 Å². The van der Waals surface area contributed by atoms with Gasteiger partial charge in [0.2, 0.25) is 5.91 Å². The number of likely N-dealkylation sites (N-methyl/N-ethyl adjacent to an activating group) is 1. The van der Waals surface area contributed by atoms with E-state index < -0.39 is 6.09 Å². The molecule has 0 N–H and O–H groups in total. The lowest BCUT2D eigenvalue weighted by atomic mass is 10.4. The van der Waals surface area contributed by atoms with Gasteiger partial charge in [0.1, 0.15) is 13.2 Å². The summed E-state index contributed by atoms with van der Waals surface area (Å²) in [5.74, 6) is -0.0913. The summed E-state index contributed by atoms with van der Waals surface area (Å²) in [7, 11) is 1.53. The van der Waals surface area contributed by atoms with E-state index in [1.165, 1.54) is 18.0 Å². The van der Waals surface area contributed by atoms with Crippen LogP contribution < -0.4 is 0 Å². The summed E-state index contributed by atoms with van der Waals surface area (Å²) < 4.78 is 9.96. The number of rotatable bonds is 4. The van der Waals surface area contributed by atoms with Crippen LogP contribution in [0.1, 0.15) is 0 Å². The number of carbonyl (C=O) groups excluding carboxylic acids is 2. The Kier molecular flexibility index (Phi) is 5.48. The lowest BCUT2D eigenvalue weighted by molar-refractivity contribution is -0.135. The molecule has 1 heterocycles. The summed E-state index contributed by atoms with van der Waals surface area (Å²) in [5.41, 5.74) is 0. The van der Waals surface area contributed by atoms with E-state index >= 15 is 0 Å². The predicted octanol–water partition coefficient (Wildman–Crippen LogP) is 0.0996. The van der Waals surface area contributed by atoms with E-state index in [0.717, 1.165) is 0 Å². The molecule has 0 aliphatic carbocycles. The molecule has 2 amide bonds. The maximum absolute atomic E-state index is 11.8. The van der Waals surface area contributed by atoms with E-state index in [1.807, 2.05) is 0 Å². The molecule has 96 valence electrons. The van der Waals surface area contributed by atoms with Crippen LogP contribution in [0.3, 0.4) is 0 Å². The Bertz CT molecular complexity index is 287. The van der Waals surface area contributed by atoms with Crippen molar-refractivity contribution in [3.8, 4) is 0 Å². The van der Waals surface area contributed by atoms with Gasteiger partial charge in [-0.3, -0.25) is 4.79 Å². The van der Waals surface area contributed by atoms with Crippen molar-refractivity contribution in [1.29, 1.82) is 0 Å². The highest BCUT2D eigenvalue weighted by Gasteiger charge is 2.20. The lowest BCUT2D eigenvalue weighted by Gasteiger charge is -2.28. The molecule has 0 saturated carbocycles. The fourth-order valence-corrected chi connectivity index (χ4v) is 1.42. The smallest absolute Gasteiger partial charge is 0.410 e. The van der Waals surface area contributed by atoms with Gasteiger partial charge < -0.3 is 19.3 Å². The van der Waals surface area contributed by atoms with Crippen LogP contribution in [0.25, 0.3) is 0 Å². The molecule has 1 fully saturated rings. The van der Waals surface area contributed by atoms with Crippen molar-refractivity contribution in [1.82, 2.24) is 9.80 Å². The first-order valence-electron chi connectivity index (χ1n) is 5.49. The van der Waals surface area contributed by atoms with Gasteiger partial charge in [0.05, 0.1) is 13.2 Å². The maximum atomic E-state index is 11.8. The third kappa shape index (κ3) is 4.44. The Labute approximate surface area is 101 Å². The van der Waals surface area contributed by atoms with E-state index in [2.05, 4.69) is 6.58 Å². The van der Waals surface area contributed by atoms with E-state index in [4.69, 9.17) is 9.47 Å². The number of amides is 2. The molecule has 6 nitrogen and oxygen atoms in total. The van der Waals surface area contributed by atoms with Gasteiger partial charge >= 0.3 is 6.09 Å². The minimum Gasteiger partial charge on any atom is -0.445 e. The van der Waals surface area contributed by atoms with Gasteiger partial charge in [-0.1, -0.05) is 12.7 Å². The van der Waals surface area contributed by atoms with E-state index in [-0.39, 0.29) is 19.1 Å². The molecule has 0 aromatic heterocycles. The third-order valence-electron chi connectivity index (χ3n) is 2.37. The second-order valence-electron chi connectivity index (χ2n) is 3.71. The second kappa shape index (κ2) is 6.90. The SMILES string of the molecule is C=CCOC(=O)N(C)CC(=O)N1CCOCC1. The van der Waals surface area contributed by atoms with Crippen LogP contribution >= 0.6 is 0 Å². The molecule has 1 aliphatic heterocycles. The van der Waals surface area contributed by atoms with Crippen LogP contribution in [0.15, 0.2) is 12.7 Å². The van der Waals surface area contributed by atoms with Crippen molar-refractivity contribution >= 4 is 12.0 Å². The van der Waals surface area contributed by atoms with Gasteiger partial charge in [-0.25, -0.2) is 4.79 Å². The molecule has 1 aliphatic rings. The molecule has 0 spiro atoms. The molecule has 0 atom stereocenters. The topological polar surface area (TPSA) is 59.1 Å². The largest absolute Gasteiger partial charge is 0.445 e. The standard InChI is InChI=1S/C11H18N2O4/c1-3-6-17-11(15)12(2)9-10(14)13-4-7-16-8-5-13/h3H,1,4-9H2,2H3. The number of carbonyl (C=O) groups is 2. The van der Waals surface area contributed by atoms with Crippen molar-refractivity contribution in [2.75, 3.05) is 46.5 Å². The van der Waals surface area contributed by atoms with Crippen molar-refractivity contribution in [2.24, 2.45) is 0 Å². The van der Waals surface area contributed by atoms with Gasteiger partial charge in [0.25, 0.3) is 0 Å². The number of nitrogens with zero attached hydrogens (tertiary/aromatic N) is 2. The average molecular weight is 242 g/mol. The van der Waals surface area contributed by atoms with Crippen LogP contribution in [0.5, 0.6) is 0 Å². The monoisotopic (exact) mass is 242 g/mol. The van der Waals surface area contributed by atoms with Gasteiger partial charge in [0, 0.05) is 20.1 Å². The molecule has 0 radical (unpaired) electrons. The molecule has 1 saturated heterocycles. The second-order valence-corrected chi connectivity index (χ2v) is 3.71. The molecule has 0 aromatic rings. The Morgan fingerprint density at radius 3 is 2.71 bits per heavy atom. The average Bonchev–Trinajstić information content (AvgIpc) is 2.36. The third-order valence-corrected chi connectivity index (χ3v) is 2.37. The zero-order valence-corrected chi connectivity index (χ0v) is 10.1. The minimum absolute atomic E-state index is 0.0238. The number of ether oxygens (including phenoxy) is 2. The van der Waals surface area contributed by atoms with E-state index in [0.29, 0.717) is 26.3 Å². The quantitative estimate of drug-likeness (QED) is 0.656. The molecular weight excluding hydrogens is 224 g/mol. The molecular formula is C11H18N2O4. The molecule has 17 heavy (non-hydrogen) atoms. The van der Waals surface area contributed by atoms with Crippen LogP contribution in [-0.2, 0) is 14.3 Å². The highest BCUT2D eigenvalue weighted by molar-refractivity contribution is 5.82. The van der Waals surface area contributed by atoms with Crippen molar-refractivity contribution in [2.45, 2.75) is 0 Å². The zero-order valence-electron chi connectivity index (χ0n) is 10.1. The number of morpholine rings is 1. The van der Waals surface area contributed by atoms with Crippen LogP contribution in [0.2, 0.25) is 0 Å². The summed E-state index contributed by atoms with van der Waals surface area (Å²) >= 11 is 0. The highest BCUT2D eigenvalue weighted by Crippen LogP contribution is 1.99. The van der Waals surface area contributed by atoms with E-state index in [1.54, 1.807) is 4.90 Å². The molecule has 0 aromatic carbocycles. The summed E-state index contributed by atoms with van der Waals surface area (Å²) in [6.45, 7) is 5.87. The number of hydrogen-bond donors (Lipinski definition) is 0. The number of hydrogen-bond acceptors (Lipinski definition) is 4. The summed E-state index contributed by atoms with van der Waals surface area (Å²) in [6.07, 6.45) is 0.960. The van der Waals surface area contributed by atoms with Crippen LogP contribution in [0.4, 0.5) is 4.79 Å². The Morgan fingerprint density at radius 1 is 1.47 bits per heavy atom. The van der Waals surface area contributed by atoms with Gasteiger partial charge in [-0.05, 0) is 0 Å². The van der Waals surface area contributed by atoms with Crippen LogP contribution in [0, 0.1) is 0 Å². The molecule has 0 bridgehead atoms. The minimum atomic E-state index is -0.522. The summed E-state index contributed by atoms with van der Waals surface area (Å²) in [6, 6.07) is 0. The van der Waals surface area contributed by atoms with Crippen molar-refractivity contribution in [3.05, 3.63) is 12.7 Å². The summed E-state index contributed by atoms with van der Waals surface area (Å²) in [4.78, 5) is 26.1. The van der Waals surface area contributed by atoms with Crippen molar-refractivity contribution < 1.29 is 19.1 Å². The first-order chi connectivity index (χ1) is 8.15. The molecule has 0 unspecified atom stereocenters. The Morgan fingerprint density at radius 2 is 2.12 bits per heavy atom. The fraction of sp³-hybridized carbons (Fsp3) is 0.636. The molecule has 6 heteroatoms. The van der Waals surface area contributed by atoms with E-state index in [9.17, 15) is 9.59 Å². The normalized spacial score (nSPS) is 15.2.